The Bertz CT molecular complexity index is 813. The lowest BCUT2D eigenvalue weighted by molar-refractivity contribution is -0.140. The third-order valence-electron chi connectivity index (χ3n) is 4.90. The molecule has 3 atom stereocenters. The molecule has 2 saturated heterocycles. The number of nitrogens with one attached hydrogen (secondary N) is 3. The molecule has 2 aliphatic heterocycles. The Morgan fingerprint density at radius 1 is 1.32 bits per heavy atom. The summed E-state index contributed by atoms with van der Waals surface area (Å²) in [5.74, 6) is -1.76. The Morgan fingerprint density at radius 3 is 2.64 bits per heavy atom. The number of aromatic nitrogens is 2. The number of hydrogen-bond donors (Lipinski definition) is 4. The quantitative estimate of drug-likeness (QED) is 0.479. The number of halogens is 2. The summed E-state index contributed by atoms with van der Waals surface area (Å²) < 4.78 is 0. The minimum Gasteiger partial charge on any atom is -0.368 e. The van der Waals surface area contributed by atoms with Gasteiger partial charge in [-0.05, 0) is 30.9 Å². The van der Waals surface area contributed by atoms with Gasteiger partial charge < -0.3 is 26.3 Å². The van der Waals surface area contributed by atoms with Crippen LogP contribution in [0.5, 0.6) is 0 Å². The van der Waals surface area contributed by atoms with Gasteiger partial charge in [0.2, 0.25) is 28.9 Å². The average molecular weight is 431 g/mol. The van der Waals surface area contributed by atoms with Crippen LogP contribution >= 0.6 is 23.2 Å². The number of nitrogens with zero attached hydrogens (tertiary/aromatic N) is 2. The van der Waals surface area contributed by atoms with E-state index >= 15 is 0 Å². The highest BCUT2D eigenvalue weighted by Crippen LogP contribution is 2.22. The summed E-state index contributed by atoms with van der Waals surface area (Å²) in [5.41, 5.74) is 5.77. The van der Waals surface area contributed by atoms with Crippen LogP contribution in [0.1, 0.15) is 31.4 Å². The molecule has 0 bridgehead atoms. The summed E-state index contributed by atoms with van der Waals surface area (Å²) >= 11 is 11.8. The normalized spacial score (nSPS) is 22.8. The van der Waals surface area contributed by atoms with Crippen LogP contribution in [-0.2, 0) is 25.6 Å². The highest BCUT2D eigenvalue weighted by Gasteiger charge is 2.38. The molecule has 28 heavy (non-hydrogen) atoms. The molecular formula is C16H20Cl2N6O4. The molecule has 4 amide bonds. The van der Waals surface area contributed by atoms with E-state index in [4.69, 9.17) is 28.9 Å². The van der Waals surface area contributed by atoms with Gasteiger partial charge >= 0.3 is 0 Å². The number of carbonyl (C=O) groups is 4. The van der Waals surface area contributed by atoms with Crippen LogP contribution in [0.2, 0.25) is 10.4 Å². The van der Waals surface area contributed by atoms with Crippen LogP contribution < -0.4 is 16.4 Å². The van der Waals surface area contributed by atoms with Crippen LogP contribution in [0.15, 0.2) is 0 Å². The first kappa shape index (κ1) is 20.4. The smallest absolute Gasteiger partial charge is 0.246 e. The lowest BCUT2D eigenvalue weighted by atomic mass is 10.1. The Hall–Kier alpha value is -2.33. The van der Waals surface area contributed by atoms with Crippen LogP contribution in [-0.4, -0.2) is 63.2 Å². The fourth-order valence-electron chi connectivity index (χ4n) is 3.51. The predicted molar refractivity (Wildman–Crippen MR) is 99.3 cm³/mol. The van der Waals surface area contributed by atoms with E-state index in [2.05, 4.69) is 20.6 Å². The van der Waals surface area contributed by atoms with E-state index in [-0.39, 0.29) is 29.2 Å². The third-order valence-corrected chi connectivity index (χ3v) is 5.39. The number of carbonyl (C=O) groups excluding carboxylic acids is 4. The highest BCUT2D eigenvalue weighted by atomic mass is 35.5. The average Bonchev–Trinajstić information content (AvgIpc) is 3.34. The summed E-state index contributed by atoms with van der Waals surface area (Å²) in [5, 5.41) is 5.35. The summed E-state index contributed by atoms with van der Waals surface area (Å²) in [6.07, 6.45) is 1.68. The van der Waals surface area contributed by atoms with E-state index in [1.165, 1.54) is 4.90 Å². The molecule has 0 spiro atoms. The molecule has 5 N–H and O–H groups in total. The van der Waals surface area contributed by atoms with Crippen molar-refractivity contribution in [3.8, 4) is 0 Å². The Balaban J connectivity index is 1.80. The van der Waals surface area contributed by atoms with Crippen molar-refractivity contribution in [1.29, 1.82) is 0 Å². The molecule has 0 aliphatic carbocycles. The fraction of sp³-hybridized carbons (Fsp3) is 0.562. The molecule has 3 rings (SSSR count). The van der Waals surface area contributed by atoms with Crippen molar-refractivity contribution in [3.05, 3.63) is 16.1 Å². The molecule has 12 heteroatoms. The summed E-state index contributed by atoms with van der Waals surface area (Å²) in [6.45, 7) is 0.358. The van der Waals surface area contributed by atoms with E-state index in [0.717, 1.165) is 0 Å². The number of primary amides is 1. The molecule has 3 heterocycles. The standard InChI is InChI=1S/C16H20Cl2N6O4/c17-12-8(22-16(18)23-12)6-9(21-14(27)7-3-4-11(25)20-7)15(28)24-5-1-2-10(24)13(19)26/h7,9-10H,1-6H2,(H2,19,26)(H,20,25)(H,21,27)(H,22,23)/t7-,9-,10-/m0/s1. The van der Waals surface area contributed by atoms with Gasteiger partial charge in [0, 0.05) is 19.4 Å². The summed E-state index contributed by atoms with van der Waals surface area (Å²) in [7, 11) is 0. The van der Waals surface area contributed by atoms with Crippen molar-refractivity contribution in [1.82, 2.24) is 25.5 Å². The number of imidazole rings is 1. The van der Waals surface area contributed by atoms with Gasteiger partial charge in [-0.2, -0.15) is 0 Å². The van der Waals surface area contributed by atoms with Gasteiger partial charge in [0.05, 0.1) is 5.69 Å². The largest absolute Gasteiger partial charge is 0.368 e. The summed E-state index contributed by atoms with van der Waals surface area (Å²) in [6, 6.07) is -2.47. The number of aromatic amines is 1. The molecule has 0 unspecified atom stereocenters. The zero-order valence-corrected chi connectivity index (χ0v) is 16.3. The van der Waals surface area contributed by atoms with E-state index in [9.17, 15) is 19.2 Å². The Labute approximate surface area is 170 Å². The van der Waals surface area contributed by atoms with Gasteiger partial charge in [-0.25, -0.2) is 4.98 Å². The predicted octanol–water partition coefficient (Wildman–Crippen LogP) is -0.501. The van der Waals surface area contributed by atoms with Crippen molar-refractivity contribution in [3.63, 3.8) is 0 Å². The first-order chi connectivity index (χ1) is 13.3. The van der Waals surface area contributed by atoms with Gasteiger partial charge in [0.25, 0.3) is 0 Å². The van der Waals surface area contributed by atoms with Gasteiger partial charge in [-0.1, -0.05) is 11.6 Å². The van der Waals surface area contributed by atoms with Crippen molar-refractivity contribution in [2.75, 3.05) is 6.54 Å². The maximum Gasteiger partial charge on any atom is 0.246 e. The number of rotatable bonds is 6. The molecule has 0 saturated carbocycles. The number of likely N-dealkylation sites (tertiary alicyclic amines) is 1. The van der Waals surface area contributed by atoms with Crippen molar-refractivity contribution in [2.45, 2.75) is 50.2 Å². The molecule has 0 radical (unpaired) electrons. The molecule has 2 fully saturated rings. The van der Waals surface area contributed by atoms with Crippen LogP contribution in [0.25, 0.3) is 0 Å². The van der Waals surface area contributed by atoms with Crippen molar-refractivity contribution >= 4 is 46.8 Å². The maximum atomic E-state index is 13.1. The topological polar surface area (TPSA) is 150 Å². The van der Waals surface area contributed by atoms with E-state index in [1.807, 2.05) is 0 Å². The second kappa shape index (κ2) is 8.36. The molecule has 152 valence electrons. The molecule has 0 aromatic carbocycles. The first-order valence-corrected chi connectivity index (χ1v) is 9.61. The number of nitrogens with two attached hydrogens (primary N) is 1. The Kier molecular flexibility index (Phi) is 6.09. The molecule has 1 aromatic rings. The zero-order valence-electron chi connectivity index (χ0n) is 14.8. The number of amides is 4. The van der Waals surface area contributed by atoms with Crippen LogP contribution in [0.4, 0.5) is 0 Å². The van der Waals surface area contributed by atoms with E-state index in [0.29, 0.717) is 31.5 Å². The Morgan fingerprint density at radius 2 is 2.07 bits per heavy atom. The van der Waals surface area contributed by atoms with Crippen LogP contribution in [0, 0.1) is 0 Å². The third kappa shape index (κ3) is 4.39. The van der Waals surface area contributed by atoms with Gasteiger partial charge in [-0.15, -0.1) is 0 Å². The minimum atomic E-state index is -1.03. The maximum absolute atomic E-state index is 13.1. The number of hydrogen-bond acceptors (Lipinski definition) is 5. The zero-order chi connectivity index (χ0) is 20.4. The lowest BCUT2D eigenvalue weighted by Crippen LogP contribution is -2.56. The van der Waals surface area contributed by atoms with E-state index in [1.54, 1.807) is 0 Å². The lowest BCUT2D eigenvalue weighted by Gasteiger charge is -2.28. The molecule has 2 aliphatic rings. The second-order valence-corrected chi connectivity index (χ2v) is 7.53. The minimum absolute atomic E-state index is 0.00816. The van der Waals surface area contributed by atoms with E-state index < -0.39 is 35.8 Å². The van der Waals surface area contributed by atoms with Gasteiger partial charge in [0.15, 0.2) is 5.15 Å². The number of H-pyrrole nitrogens is 1. The van der Waals surface area contributed by atoms with Crippen LogP contribution in [0.3, 0.4) is 0 Å². The monoisotopic (exact) mass is 430 g/mol. The molecular weight excluding hydrogens is 411 g/mol. The van der Waals surface area contributed by atoms with Crippen molar-refractivity contribution in [2.24, 2.45) is 5.73 Å². The SMILES string of the molecule is NC(=O)[C@@H]1CCCN1C(=O)[C@H](Cc1[nH]c(Cl)nc1Cl)NC(=O)[C@@H]1CCC(=O)N1. The van der Waals surface area contributed by atoms with Gasteiger partial charge in [0.1, 0.15) is 18.1 Å². The summed E-state index contributed by atoms with van der Waals surface area (Å²) in [4.78, 5) is 56.6. The molecule has 1 aromatic heterocycles. The van der Waals surface area contributed by atoms with Gasteiger partial charge in [-0.3, -0.25) is 19.2 Å². The van der Waals surface area contributed by atoms with Crippen molar-refractivity contribution < 1.29 is 19.2 Å². The first-order valence-electron chi connectivity index (χ1n) is 8.85. The fourth-order valence-corrected chi connectivity index (χ4v) is 3.96. The highest BCUT2D eigenvalue weighted by molar-refractivity contribution is 6.32. The molecule has 10 nitrogen and oxygen atoms in total. The second-order valence-electron chi connectivity index (χ2n) is 6.81.